The summed E-state index contributed by atoms with van der Waals surface area (Å²) in [6.45, 7) is 4.72. The number of ether oxygens (including phenoxy) is 2. The van der Waals surface area contributed by atoms with E-state index in [2.05, 4.69) is 34.8 Å². The van der Waals surface area contributed by atoms with Crippen LogP contribution in [0, 0.1) is 10.5 Å². The van der Waals surface area contributed by atoms with Gasteiger partial charge in [-0.05, 0) is 102 Å². The van der Waals surface area contributed by atoms with Gasteiger partial charge in [0.05, 0.1) is 12.2 Å². The van der Waals surface area contributed by atoms with E-state index in [0.717, 1.165) is 22.0 Å². The highest BCUT2D eigenvalue weighted by Crippen LogP contribution is 2.18. The van der Waals surface area contributed by atoms with Crippen molar-refractivity contribution >= 4 is 40.4 Å². The highest BCUT2D eigenvalue weighted by Gasteiger charge is 2.22. The Morgan fingerprint density at radius 1 is 0.872 bits per heavy atom. The molecular formula is C31H34INO6. The first kappa shape index (κ1) is 30.1. The molecule has 206 valence electrons. The summed E-state index contributed by atoms with van der Waals surface area (Å²) < 4.78 is 12.1. The molecule has 0 aliphatic carbocycles. The van der Waals surface area contributed by atoms with Crippen molar-refractivity contribution in [3.8, 4) is 11.5 Å². The van der Waals surface area contributed by atoms with Crippen LogP contribution in [-0.4, -0.2) is 35.6 Å². The second-order valence-corrected chi connectivity index (χ2v) is 10.7. The minimum absolute atomic E-state index is 0.0816. The number of esters is 1. The number of carboxylic acid groups (broad SMARTS) is 1. The summed E-state index contributed by atoms with van der Waals surface area (Å²) in [4.78, 5) is 37.0. The maximum atomic E-state index is 12.6. The van der Waals surface area contributed by atoms with Crippen molar-refractivity contribution in [2.45, 2.75) is 58.4 Å². The molecule has 0 aliphatic rings. The van der Waals surface area contributed by atoms with Gasteiger partial charge in [0.1, 0.15) is 17.5 Å². The highest BCUT2D eigenvalue weighted by atomic mass is 127. The van der Waals surface area contributed by atoms with Gasteiger partial charge in [0.15, 0.2) is 0 Å². The van der Waals surface area contributed by atoms with Crippen LogP contribution in [0.5, 0.6) is 11.5 Å². The molecule has 39 heavy (non-hydrogen) atoms. The molecule has 0 fully saturated rings. The van der Waals surface area contributed by atoms with Crippen molar-refractivity contribution in [2.24, 2.45) is 0 Å². The molecule has 0 aliphatic heterocycles. The van der Waals surface area contributed by atoms with Crippen molar-refractivity contribution in [1.29, 1.82) is 0 Å². The molecule has 7 nitrogen and oxygen atoms in total. The fraction of sp³-hybridized carbons (Fsp3) is 0.323. The molecule has 0 bridgehead atoms. The Morgan fingerprint density at radius 2 is 1.54 bits per heavy atom. The van der Waals surface area contributed by atoms with Gasteiger partial charge < -0.3 is 19.9 Å². The number of amides is 1. The zero-order valence-corrected chi connectivity index (χ0v) is 24.4. The molecule has 0 spiro atoms. The number of nitrogens with one attached hydrogen (secondary N) is 1. The van der Waals surface area contributed by atoms with Gasteiger partial charge in [0.25, 0.3) is 5.91 Å². The number of hydrogen-bond acceptors (Lipinski definition) is 5. The van der Waals surface area contributed by atoms with E-state index in [9.17, 15) is 19.5 Å². The van der Waals surface area contributed by atoms with Gasteiger partial charge in [-0.2, -0.15) is 0 Å². The summed E-state index contributed by atoms with van der Waals surface area (Å²) in [5.41, 5.74) is 2.41. The average molecular weight is 644 g/mol. The molecule has 3 rings (SSSR count). The lowest BCUT2D eigenvalue weighted by molar-refractivity contribution is -0.139. The number of carbonyl (C=O) groups excluding carboxylic acids is 2. The van der Waals surface area contributed by atoms with Gasteiger partial charge in [-0.1, -0.05) is 44.7 Å². The van der Waals surface area contributed by atoms with Crippen molar-refractivity contribution in [1.82, 2.24) is 5.32 Å². The van der Waals surface area contributed by atoms with Crippen molar-refractivity contribution in [2.75, 3.05) is 6.61 Å². The molecule has 8 heteroatoms. The number of rotatable bonds is 14. The summed E-state index contributed by atoms with van der Waals surface area (Å²) in [5.74, 6) is -1.04. The Morgan fingerprint density at radius 3 is 2.18 bits per heavy atom. The van der Waals surface area contributed by atoms with Gasteiger partial charge in [0, 0.05) is 15.6 Å². The van der Waals surface area contributed by atoms with Crippen LogP contribution in [0.25, 0.3) is 0 Å². The molecule has 0 heterocycles. The standard InChI is InChI=1S/C31H34INO6/c1-3-4-5-6-7-16-38-26-14-10-23(11-15-26)31(37)39-27-12-8-22(9-13-27)19-28(30(35)36)33-29(34)24-17-21(2)18-25(32)20-24/h8-15,17-18,20,28H,3-7,16,19H2,1-2H3,(H,33,34)(H,35,36)/t28-/m0/s1. The second-order valence-electron chi connectivity index (χ2n) is 9.41. The summed E-state index contributed by atoms with van der Waals surface area (Å²) >= 11 is 2.12. The van der Waals surface area contributed by atoms with Crippen molar-refractivity contribution < 1.29 is 29.0 Å². The Balaban J connectivity index is 1.52. The van der Waals surface area contributed by atoms with Crippen LogP contribution in [0.4, 0.5) is 0 Å². The van der Waals surface area contributed by atoms with E-state index >= 15 is 0 Å². The Hall–Kier alpha value is -3.40. The monoisotopic (exact) mass is 643 g/mol. The lowest BCUT2D eigenvalue weighted by atomic mass is 10.0. The Kier molecular flexibility index (Phi) is 11.8. The van der Waals surface area contributed by atoms with Gasteiger partial charge in [-0.15, -0.1) is 0 Å². The Bertz CT molecular complexity index is 1240. The molecule has 2 N–H and O–H groups in total. The van der Waals surface area contributed by atoms with Crippen LogP contribution in [0.3, 0.4) is 0 Å². The second kappa shape index (κ2) is 15.3. The van der Waals surface area contributed by atoms with Gasteiger partial charge in [0.2, 0.25) is 0 Å². The number of hydrogen-bond donors (Lipinski definition) is 2. The average Bonchev–Trinajstić information content (AvgIpc) is 2.91. The van der Waals surface area contributed by atoms with E-state index in [1.165, 1.54) is 19.3 Å². The number of carboxylic acids is 1. The first-order chi connectivity index (χ1) is 18.7. The lowest BCUT2D eigenvalue weighted by Crippen LogP contribution is -2.42. The fourth-order valence-corrected chi connectivity index (χ4v) is 4.81. The maximum Gasteiger partial charge on any atom is 0.343 e. The zero-order chi connectivity index (χ0) is 28.2. The third kappa shape index (κ3) is 10.0. The van der Waals surface area contributed by atoms with E-state index in [1.54, 1.807) is 60.7 Å². The van der Waals surface area contributed by atoms with Gasteiger partial charge in [-0.25, -0.2) is 9.59 Å². The number of benzene rings is 3. The number of carbonyl (C=O) groups is 3. The summed E-state index contributed by atoms with van der Waals surface area (Å²) in [7, 11) is 0. The zero-order valence-electron chi connectivity index (χ0n) is 22.2. The third-order valence-electron chi connectivity index (χ3n) is 6.09. The molecule has 1 amide bonds. The SMILES string of the molecule is CCCCCCCOc1ccc(C(=O)Oc2ccc(C[C@H](NC(=O)c3cc(C)cc(I)c3)C(=O)O)cc2)cc1. The molecule has 0 saturated heterocycles. The molecule has 0 saturated carbocycles. The van der Waals surface area contributed by atoms with Crippen molar-refractivity contribution in [3.63, 3.8) is 0 Å². The highest BCUT2D eigenvalue weighted by molar-refractivity contribution is 14.1. The molecule has 3 aromatic carbocycles. The van der Waals surface area contributed by atoms with Crippen molar-refractivity contribution in [3.05, 3.63) is 92.6 Å². The van der Waals surface area contributed by atoms with E-state index in [-0.39, 0.29) is 6.42 Å². The predicted molar refractivity (Wildman–Crippen MR) is 159 cm³/mol. The van der Waals surface area contributed by atoms with Crippen LogP contribution in [-0.2, 0) is 11.2 Å². The van der Waals surface area contributed by atoms with E-state index in [1.807, 2.05) is 13.0 Å². The molecule has 0 aromatic heterocycles. The minimum atomic E-state index is -1.13. The van der Waals surface area contributed by atoms with Crippen LogP contribution < -0.4 is 14.8 Å². The predicted octanol–water partition coefficient (Wildman–Crippen LogP) is 6.59. The number of aliphatic carboxylic acids is 1. The number of halogens is 1. The number of aryl methyl sites for hydroxylation is 1. The van der Waals surface area contributed by atoms with E-state index in [0.29, 0.717) is 34.8 Å². The minimum Gasteiger partial charge on any atom is -0.494 e. The quantitative estimate of drug-likeness (QED) is 0.0890. The largest absolute Gasteiger partial charge is 0.494 e. The molecular weight excluding hydrogens is 609 g/mol. The van der Waals surface area contributed by atoms with Crippen LogP contribution >= 0.6 is 22.6 Å². The third-order valence-corrected chi connectivity index (χ3v) is 6.71. The molecule has 0 unspecified atom stereocenters. The molecule has 1 atom stereocenters. The smallest absolute Gasteiger partial charge is 0.343 e. The Labute approximate surface area is 243 Å². The summed E-state index contributed by atoms with van der Waals surface area (Å²) in [5, 5.41) is 12.3. The molecule has 0 radical (unpaired) electrons. The summed E-state index contributed by atoms with van der Waals surface area (Å²) in [6, 6.07) is 17.7. The first-order valence-electron chi connectivity index (χ1n) is 13.1. The summed E-state index contributed by atoms with van der Waals surface area (Å²) in [6.07, 6.45) is 5.91. The first-order valence-corrected chi connectivity index (χ1v) is 14.2. The van der Waals surface area contributed by atoms with Crippen LogP contribution in [0.15, 0.2) is 66.7 Å². The van der Waals surface area contributed by atoms with Gasteiger partial charge >= 0.3 is 11.9 Å². The van der Waals surface area contributed by atoms with Crippen LogP contribution in [0.2, 0.25) is 0 Å². The van der Waals surface area contributed by atoms with E-state index in [4.69, 9.17) is 9.47 Å². The van der Waals surface area contributed by atoms with Gasteiger partial charge in [-0.3, -0.25) is 4.79 Å². The topological polar surface area (TPSA) is 102 Å². The normalized spacial score (nSPS) is 11.5. The fourth-order valence-electron chi connectivity index (χ4n) is 3.99. The molecule has 3 aromatic rings. The maximum absolute atomic E-state index is 12.6. The number of unbranched alkanes of at least 4 members (excludes halogenated alkanes) is 4. The van der Waals surface area contributed by atoms with E-state index < -0.39 is 23.9 Å². The van der Waals surface area contributed by atoms with Crippen LogP contribution in [0.1, 0.15) is 70.9 Å². The lowest BCUT2D eigenvalue weighted by Gasteiger charge is -2.15.